The number of benzene rings is 1. The first-order chi connectivity index (χ1) is 9.49. The molecule has 1 aliphatic heterocycles. The Morgan fingerprint density at radius 1 is 1.30 bits per heavy atom. The number of aromatic hydroxyl groups is 1. The zero-order valence-electron chi connectivity index (χ0n) is 11.1. The van der Waals surface area contributed by atoms with Gasteiger partial charge in [-0.05, 0) is 24.3 Å². The lowest BCUT2D eigenvalue weighted by molar-refractivity contribution is 0.427. The van der Waals surface area contributed by atoms with Crippen molar-refractivity contribution in [2.75, 3.05) is 0 Å². The summed E-state index contributed by atoms with van der Waals surface area (Å²) in [5, 5.41) is 17.9. The van der Waals surface area contributed by atoms with Crippen LogP contribution in [0, 0.1) is 5.41 Å². The van der Waals surface area contributed by atoms with Gasteiger partial charge in [0.1, 0.15) is 5.69 Å². The fourth-order valence-electron chi connectivity index (χ4n) is 2.25. The van der Waals surface area contributed by atoms with Crippen LogP contribution in [0.3, 0.4) is 0 Å². The Bertz CT molecular complexity index is 826. The van der Waals surface area contributed by atoms with E-state index in [9.17, 15) is 5.11 Å². The summed E-state index contributed by atoms with van der Waals surface area (Å²) in [5.74, 6) is 0.0712. The van der Waals surface area contributed by atoms with E-state index >= 15 is 0 Å². The fraction of sp³-hybridized carbons (Fsp3) is 0.143. The second kappa shape index (κ2) is 4.49. The number of nitrogens with zero attached hydrogens (tertiary/aromatic N) is 3. The van der Waals surface area contributed by atoms with Crippen LogP contribution in [0.15, 0.2) is 27.7 Å². The summed E-state index contributed by atoms with van der Waals surface area (Å²) in [7, 11) is 3.41. The minimum absolute atomic E-state index is 0.0712. The summed E-state index contributed by atoms with van der Waals surface area (Å²) in [5.41, 5.74) is 3.65. The van der Waals surface area contributed by atoms with Gasteiger partial charge in [0.05, 0.1) is 5.69 Å². The lowest BCUT2D eigenvalue weighted by Crippen LogP contribution is -2.20. The third-order valence-corrected chi connectivity index (χ3v) is 3.94. The second-order valence-electron chi connectivity index (χ2n) is 4.67. The van der Waals surface area contributed by atoms with Crippen molar-refractivity contribution in [1.82, 2.24) is 9.13 Å². The molecule has 0 saturated heterocycles. The van der Waals surface area contributed by atoms with Gasteiger partial charge in [-0.1, -0.05) is 15.9 Å². The van der Waals surface area contributed by atoms with Crippen LogP contribution in [0.2, 0.25) is 0 Å². The summed E-state index contributed by atoms with van der Waals surface area (Å²) in [6, 6.07) is 5.88. The van der Waals surface area contributed by atoms with Crippen LogP contribution in [0.25, 0.3) is 11.6 Å². The van der Waals surface area contributed by atoms with Crippen molar-refractivity contribution in [3.8, 4) is 5.88 Å². The molecule has 2 heterocycles. The quantitative estimate of drug-likeness (QED) is 0.828. The molecule has 3 rings (SSSR count). The normalized spacial score (nSPS) is 15.1. The van der Waals surface area contributed by atoms with Crippen molar-refractivity contribution in [3.63, 3.8) is 0 Å². The number of aliphatic imine (C=N–C) groups is 1. The molecule has 20 heavy (non-hydrogen) atoms. The second-order valence-corrected chi connectivity index (χ2v) is 5.59. The molecular formula is C14H13BrN4O. The van der Waals surface area contributed by atoms with Crippen LogP contribution in [0.1, 0.15) is 11.3 Å². The predicted molar refractivity (Wildman–Crippen MR) is 82.1 cm³/mol. The van der Waals surface area contributed by atoms with Crippen molar-refractivity contribution < 1.29 is 5.11 Å². The third kappa shape index (κ3) is 1.84. The Morgan fingerprint density at radius 3 is 2.70 bits per heavy atom. The number of allylic oxidation sites excluding steroid dienone is 1. The topological polar surface area (TPSA) is 66.3 Å². The summed E-state index contributed by atoms with van der Waals surface area (Å²) < 4.78 is 4.04. The molecule has 0 aliphatic carbocycles. The smallest absolute Gasteiger partial charge is 0.218 e. The number of halogens is 1. The van der Waals surface area contributed by atoms with Gasteiger partial charge in [-0.2, -0.15) is 0 Å². The van der Waals surface area contributed by atoms with Crippen molar-refractivity contribution in [1.29, 1.82) is 5.41 Å². The summed E-state index contributed by atoms with van der Waals surface area (Å²) >= 11 is 3.45. The first-order valence-electron chi connectivity index (χ1n) is 6.04. The van der Waals surface area contributed by atoms with Gasteiger partial charge in [0.15, 0.2) is 0 Å². The number of hydrogen-bond acceptors (Lipinski definition) is 3. The largest absolute Gasteiger partial charge is 0.493 e. The van der Waals surface area contributed by atoms with Crippen LogP contribution in [-0.2, 0) is 14.1 Å². The number of imidazole rings is 1. The Labute approximate surface area is 124 Å². The van der Waals surface area contributed by atoms with E-state index in [2.05, 4.69) is 20.9 Å². The standard InChI is InChI=1S/C14H13BrN4O/c1-18-12(13(20)19(2)14(18)16)5-8-7-17-11-4-3-9(15)6-10(8)11/h3-7,16,20H,1-2H3/b8-5-,16-14?. The maximum atomic E-state index is 10.1. The summed E-state index contributed by atoms with van der Waals surface area (Å²) in [6.07, 6.45) is 3.61. The zero-order chi connectivity index (χ0) is 14.4. The predicted octanol–water partition coefficient (Wildman–Crippen LogP) is 2.57. The highest BCUT2D eigenvalue weighted by molar-refractivity contribution is 9.10. The Kier molecular flexibility index (Phi) is 2.90. The van der Waals surface area contributed by atoms with Crippen molar-refractivity contribution >= 4 is 39.5 Å². The molecule has 0 spiro atoms. The van der Waals surface area contributed by atoms with Crippen molar-refractivity contribution in [2.24, 2.45) is 19.1 Å². The van der Waals surface area contributed by atoms with E-state index in [-0.39, 0.29) is 11.5 Å². The van der Waals surface area contributed by atoms with Crippen molar-refractivity contribution in [3.05, 3.63) is 39.5 Å². The minimum atomic E-state index is 0.0712. The van der Waals surface area contributed by atoms with Crippen LogP contribution in [0.4, 0.5) is 5.69 Å². The average molecular weight is 333 g/mol. The SMILES string of the molecule is Cn1c(O)c(/C=C2/C=Nc3ccc(Br)cc32)n(C)c1=N. The molecule has 0 saturated carbocycles. The minimum Gasteiger partial charge on any atom is -0.493 e. The first-order valence-corrected chi connectivity index (χ1v) is 6.83. The number of rotatable bonds is 1. The Morgan fingerprint density at radius 2 is 2.05 bits per heavy atom. The van der Waals surface area contributed by atoms with E-state index in [1.165, 1.54) is 4.57 Å². The van der Waals surface area contributed by atoms with Crippen molar-refractivity contribution in [2.45, 2.75) is 0 Å². The van der Waals surface area contributed by atoms with Gasteiger partial charge in [0.25, 0.3) is 0 Å². The van der Waals surface area contributed by atoms with Crippen LogP contribution in [-0.4, -0.2) is 20.5 Å². The van der Waals surface area contributed by atoms with E-state index in [4.69, 9.17) is 5.41 Å². The highest BCUT2D eigenvalue weighted by atomic mass is 79.9. The van der Waals surface area contributed by atoms with Gasteiger partial charge in [0, 0.05) is 35.9 Å². The molecule has 2 aromatic rings. The molecule has 0 unspecified atom stereocenters. The number of fused-ring (bicyclic) bond motifs is 1. The van der Waals surface area contributed by atoms with Crippen LogP contribution >= 0.6 is 15.9 Å². The third-order valence-electron chi connectivity index (χ3n) is 3.45. The molecule has 0 amide bonds. The van der Waals surface area contributed by atoms with E-state index in [0.29, 0.717) is 5.69 Å². The lowest BCUT2D eigenvalue weighted by atomic mass is 10.1. The Hall–Kier alpha value is -2.08. The fourth-order valence-corrected chi connectivity index (χ4v) is 2.61. The van der Waals surface area contributed by atoms with E-state index in [1.54, 1.807) is 24.9 Å². The zero-order valence-corrected chi connectivity index (χ0v) is 12.6. The average Bonchev–Trinajstić information content (AvgIpc) is 2.90. The molecule has 0 radical (unpaired) electrons. The molecule has 5 nitrogen and oxygen atoms in total. The summed E-state index contributed by atoms with van der Waals surface area (Å²) in [4.78, 5) is 4.35. The van der Waals surface area contributed by atoms with Gasteiger partial charge < -0.3 is 9.67 Å². The highest BCUT2D eigenvalue weighted by Crippen LogP contribution is 2.35. The molecule has 0 fully saturated rings. The monoisotopic (exact) mass is 332 g/mol. The lowest BCUT2D eigenvalue weighted by Gasteiger charge is -2.02. The van der Waals surface area contributed by atoms with Gasteiger partial charge in [-0.15, -0.1) is 0 Å². The molecule has 1 aromatic heterocycles. The molecule has 0 atom stereocenters. The van der Waals surface area contributed by atoms with Crippen LogP contribution < -0.4 is 5.62 Å². The molecule has 0 bridgehead atoms. The van der Waals surface area contributed by atoms with Gasteiger partial charge >= 0.3 is 0 Å². The molecular weight excluding hydrogens is 320 g/mol. The molecule has 1 aliphatic rings. The van der Waals surface area contributed by atoms with E-state index in [1.807, 2.05) is 24.3 Å². The number of hydrogen-bond donors (Lipinski definition) is 2. The molecule has 1 aromatic carbocycles. The highest BCUT2D eigenvalue weighted by Gasteiger charge is 2.16. The maximum absolute atomic E-state index is 10.1. The van der Waals surface area contributed by atoms with E-state index in [0.717, 1.165) is 21.3 Å². The molecule has 2 N–H and O–H groups in total. The molecule has 6 heteroatoms. The van der Waals surface area contributed by atoms with Gasteiger partial charge in [0.2, 0.25) is 11.5 Å². The molecule has 102 valence electrons. The van der Waals surface area contributed by atoms with E-state index < -0.39 is 0 Å². The maximum Gasteiger partial charge on any atom is 0.218 e. The Balaban J connectivity index is 2.18. The van der Waals surface area contributed by atoms with Gasteiger partial charge in [-0.25, -0.2) is 0 Å². The van der Waals surface area contributed by atoms with Crippen LogP contribution in [0.5, 0.6) is 5.88 Å². The first kappa shape index (κ1) is 12.9. The number of aromatic nitrogens is 2. The van der Waals surface area contributed by atoms with Gasteiger partial charge in [-0.3, -0.25) is 15.0 Å². The number of nitrogens with one attached hydrogen (secondary N) is 1. The summed E-state index contributed by atoms with van der Waals surface area (Å²) in [6.45, 7) is 0.